The van der Waals surface area contributed by atoms with Crippen molar-refractivity contribution in [1.29, 1.82) is 0 Å². The lowest BCUT2D eigenvalue weighted by Crippen LogP contribution is -2.46. The lowest BCUT2D eigenvalue weighted by Gasteiger charge is -2.27. The van der Waals surface area contributed by atoms with Gasteiger partial charge in [0.15, 0.2) is 0 Å². The molecule has 1 saturated heterocycles. The molecule has 94 valence electrons. The number of rotatable bonds is 7. The van der Waals surface area contributed by atoms with Gasteiger partial charge >= 0.3 is 0 Å². The van der Waals surface area contributed by atoms with E-state index in [0.717, 1.165) is 45.7 Å². The Kier molecular flexibility index (Phi) is 7.12. The quantitative estimate of drug-likeness (QED) is 0.499. The SMILES string of the molecule is O=C(CCCCO)NCCN1CCNCC1. The number of piperazine rings is 1. The second kappa shape index (κ2) is 8.50. The van der Waals surface area contributed by atoms with E-state index in [1.807, 2.05) is 0 Å². The van der Waals surface area contributed by atoms with E-state index in [2.05, 4.69) is 15.5 Å². The van der Waals surface area contributed by atoms with Gasteiger partial charge in [-0.25, -0.2) is 0 Å². The van der Waals surface area contributed by atoms with Crippen molar-refractivity contribution in [1.82, 2.24) is 15.5 Å². The number of aliphatic hydroxyl groups excluding tert-OH is 1. The Bertz CT molecular complexity index is 194. The molecule has 0 atom stereocenters. The fourth-order valence-electron chi connectivity index (χ4n) is 1.77. The zero-order chi connectivity index (χ0) is 11.6. The molecule has 1 heterocycles. The molecule has 1 aliphatic rings. The van der Waals surface area contributed by atoms with Crippen molar-refractivity contribution in [3.8, 4) is 0 Å². The van der Waals surface area contributed by atoms with Crippen molar-refractivity contribution in [2.45, 2.75) is 19.3 Å². The minimum atomic E-state index is 0.101. The summed E-state index contributed by atoms with van der Waals surface area (Å²) < 4.78 is 0. The molecule has 0 aromatic carbocycles. The third-order valence-corrected chi connectivity index (χ3v) is 2.77. The van der Waals surface area contributed by atoms with Gasteiger partial charge in [-0.3, -0.25) is 9.69 Å². The van der Waals surface area contributed by atoms with Crippen LogP contribution < -0.4 is 10.6 Å². The van der Waals surface area contributed by atoms with E-state index in [1.54, 1.807) is 0 Å². The van der Waals surface area contributed by atoms with Crippen LogP contribution >= 0.6 is 0 Å². The highest BCUT2D eigenvalue weighted by molar-refractivity contribution is 5.75. The highest BCUT2D eigenvalue weighted by Crippen LogP contribution is 1.94. The van der Waals surface area contributed by atoms with E-state index < -0.39 is 0 Å². The molecule has 0 aromatic rings. The molecule has 1 fully saturated rings. The van der Waals surface area contributed by atoms with Gasteiger partial charge in [-0.1, -0.05) is 0 Å². The number of nitrogens with zero attached hydrogens (tertiary/aromatic N) is 1. The zero-order valence-corrected chi connectivity index (χ0v) is 9.87. The highest BCUT2D eigenvalue weighted by Gasteiger charge is 2.08. The summed E-state index contributed by atoms with van der Waals surface area (Å²) in [5, 5.41) is 14.8. The van der Waals surface area contributed by atoms with Gasteiger partial charge in [-0.2, -0.15) is 0 Å². The van der Waals surface area contributed by atoms with Gasteiger partial charge in [0.05, 0.1) is 0 Å². The van der Waals surface area contributed by atoms with E-state index in [4.69, 9.17) is 5.11 Å². The van der Waals surface area contributed by atoms with Crippen LogP contribution in [0.5, 0.6) is 0 Å². The molecular formula is C11H23N3O2. The number of carbonyl (C=O) groups excluding carboxylic acids is 1. The van der Waals surface area contributed by atoms with Crippen LogP contribution in [0.2, 0.25) is 0 Å². The molecule has 0 saturated carbocycles. The Morgan fingerprint density at radius 1 is 1.31 bits per heavy atom. The van der Waals surface area contributed by atoms with Crippen molar-refractivity contribution < 1.29 is 9.90 Å². The highest BCUT2D eigenvalue weighted by atomic mass is 16.2. The Morgan fingerprint density at radius 3 is 2.75 bits per heavy atom. The molecule has 0 radical (unpaired) electrons. The number of nitrogens with one attached hydrogen (secondary N) is 2. The third-order valence-electron chi connectivity index (χ3n) is 2.77. The molecule has 5 heteroatoms. The summed E-state index contributed by atoms with van der Waals surface area (Å²) in [6.45, 7) is 6.08. The predicted molar refractivity (Wildman–Crippen MR) is 63.3 cm³/mol. The van der Waals surface area contributed by atoms with Crippen molar-refractivity contribution >= 4 is 5.91 Å². The molecule has 0 unspecified atom stereocenters. The second-order valence-electron chi connectivity index (χ2n) is 4.12. The van der Waals surface area contributed by atoms with Gasteiger partial charge in [-0.15, -0.1) is 0 Å². The summed E-state index contributed by atoms with van der Waals surface area (Å²) in [5.74, 6) is 0.101. The van der Waals surface area contributed by atoms with E-state index in [0.29, 0.717) is 12.8 Å². The molecule has 1 rings (SSSR count). The average Bonchev–Trinajstić information content (AvgIpc) is 2.31. The van der Waals surface area contributed by atoms with Gasteiger partial charge in [0.25, 0.3) is 0 Å². The molecule has 5 nitrogen and oxygen atoms in total. The first-order valence-electron chi connectivity index (χ1n) is 6.13. The van der Waals surface area contributed by atoms with E-state index in [1.165, 1.54) is 0 Å². The Hall–Kier alpha value is -0.650. The average molecular weight is 229 g/mol. The van der Waals surface area contributed by atoms with Crippen molar-refractivity contribution in [2.75, 3.05) is 45.9 Å². The first-order valence-corrected chi connectivity index (χ1v) is 6.13. The van der Waals surface area contributed by atoms with Gasteiger partial charge < -0.3 is 15.7 Å². The van der Waals surface area contributed by atoms with Crippen LogP contribution in [0.1, 0.15) is 19.3 Å². The van der Waals surface area contributed by atoms with Crippen molar-refractivity contribution in [3.05, 3.63) is 0 Å². The normalized spacial score (nSPS) is 17.3. The number of carbonyl (C=O) groups is 1. The minimum absolute atomic E-state index is 0.101. The maximum Gasteiger partial charge on any atom is 0.220 e. The lowest BCUT2D eigenvalue weighted by atomic mass is 10.2. The fourth-order valence-corrected chi connectivity index (χ4v) is 1.77. The molecule has 3 N–H and O–H groups in total. The molecule has 0 bridgehead atoms. The zero-order valence-electron chi connectivity index (χ0n) is 9.87. The van der Waals surface area contributed by atoms with E-state index in [9.17, 15) is 4.79 Å². The monoisotopic (exact) mass is 229 g/mol. The third kappa shape index (κ3) is 6.05. The largest absolute Gasteiger partial charge is 0.396 e. The van der Waals surface area contributed by atoms with Crippen molar-refractivity contribution in [2.24, 2.45) is 0 Å². The van der Waals surface area contributed by atoms with Crippen LogP contribution in [0.4, 0.5) is 0 Å². The second-order valence-corrected chi connectivity index (χ2v) is 4.12. The maximum absolute atomic E-state index is 11.3. The molecule has 0 aromatic heterocycles. The van der Waals surface area contributed by atoms with E-state index in [-0.39, 0.29) is 12.5 Å². The Balaban J connectivity index is 1.94. The molecular weight excluding hydrogens is 206 g/mol. The van der Waals surface area contributed by atoms with Crippen LogP contribution in [0.3, 0.4) is 0 Å². The Morgan fingerprint density at radius 2 is 2.06 bits per heavy atom. The standard InChI is InChI=1S/C11H23N3O2/c15-10-2-1-3-11(16)13-6-9-14-7-4-12-5-8-14/h12,15H,1-10H2,(H,13,16). The van der Waals surface area contributed by atoms with Crippen LogP contribution in [-0.4, -0.2) is 61.8 Å². The van der Waals surface area contributed by atoms with Gasteiger partial charge in [0, 0.05) is 52.3 Å². The molecule has 16 heavy (non-hydrogen) atoms. The number of hydrogen-bond acceptors (Lipinski definition) is 4. The van der Waals surface area contributed by atoms with Crippen molar-refractivity contribution in [3.63, 3.8) is 0 Å². The minimum Gasteiger partial charge on any atom is -0.396 e. The molecule has 0 aliphatic carbocycles. The lowest BCUT2D eigenvalue weighted by molar-refractivity contribution is -0.121. The summed E-state index contributed by atoms with van der Waals surface area (Å²) in [6, 6.07) is 0. The van der Waals surface area contributed by atoms with Gasteiger partial charge in [0.1, 0.15) is 0 Å². The Labute approximate surface area is 97.2 Å². The summed E-state index contributed by atoms with van der Waals surface area (Å²) in [4.78, 5) is 13.7. The first kappa shape index (κ1) is 13.4. The van der Waals surface area contributed by atoms with Crippen LogP contribution in [0.15, 0.2) is 0 Å². The van der Waals surface area contributed by atoms with E-state index >= 15 is 0 Å². The predicted octanol–water partition coefficient (Wildman–Crippen LogP) is -0.830. The van der Waals surface area contributed by atoms with Crippen LogP contribution in [0.25, 0.3) is 0 Å². The van der Waals surface area contributed by atoms with Crippen LogP contribution in [0, 0.1) is 0 Å². The topological polar surface area (TPSA) is 64.6 Å². The summed E-state index contributed by atoms with van der Waals surface area (Å²) >= 11 is 0. The number of hydrogen-bond donors (Lipinski definition) is 3. The fraction of sp³-hybridized carbons (Fsp3) is 0.909. The summed E-state index contributed by atoms with van der Waals surface area (Å²) in [6.07, 6.45) is 2.02. The maximum atomic E-state index is 11.3. The molecule has 1 amide bonds. The van der Waals surface area contributed by atoms with Gasteiger partial charge in [-0.05, 0) is 12.8 Å². The number of unbranched alkanes of at least 4 members (excludes halogenated alkanes) is 1. The smallest absolute Gasteiger partial charge is 0.220 e. The first-order chi connectivity index (χ1) is 7.83. The summed E-state index contributed by atoms with van der Waals surface area (Å²) in [7, 11) is 0. The molecule has 0 spiro atoms. The van der Waals surface area contributed by atoms with Gasteiger partial charge in [0.2, 0.25) is 5.91 Å². The number of aliphatic hydroxyl groups is 1. The van der Waals surface area contributed by atoms with Crippen LogP contribution in [-0.2, 0) is 4.79 Å². The summed E-state index contributed by atoms with van der Waals surface area (Å²) in [5.41, 5.74) is 0. The number of amides is 1. The molecule has 1 aliphatic heterocycles.